The minimum absolute atomic E-state index is 0.00788. The summed E-state index contributed by atoms with van der Waals surface area (Å²) in [7, 11) is 0. The lowest BCUT2D eigenvalue weighted by Crippen LogP contribution is -2.17. The highest BCUT2D eigenvalue weighted by Crippen LogP contribution is 2.32. The SMILES string of the molecule is CC(C)Nc1nc(Cl)nc(C2=C(F)C(O)CCC2)n1. The lowest BCUT2D eigenvalue weighted by Gasteiger charge is -2.19. The van der Waals surface area contributed by atoms with Gasteiger partial charge < -0.3 is 10.4 Å². The van der Waals surface area contributed by atoms with E-state index in [1.165, 1.54) is 0 Å². The molecule has 0 bridgehead atoms. The van der Waals surface area contributed by atoms with Crippen LogP contribution in [0.4, 0.5) is 10.3 Å². The molecule has 0 saturated carbocycles. The van der Waals surface area contributed by atoms with E-state index < -0.39 is 11.9 Å². The second kappa shape index (κ2) is 5.79. The second-order valence-electron chi connectivity index (χ2n) is 4.79. The zero-order valence-corrected chi connectivity index (χ0v) is 11.6. The maximum absolute atomic E-state index is 13.9. The number of allylic oxidation sites excluding steroid dienone is 1. The number of anilines is 1. The molecule has 1 aliphatic carbocycles. The van der Waals surface area contributed by atoms with Gasteiger partial charge in [-0.2, -0.15) is 15.0 Å². The van der Waals surface area contributed by atoms with Crippen molar-refractivity contribution in [2.75, 3.05) is 5.32 Å². The Bertz CT molecular complexity index is 507. The van der Waals surface area contributed by atoms with Crippen molar-refractivity contribution in [3.8, 4) is 0 Å². The van der Waals surface area contributed by atoms with Gasteiger partial charge in [-0.1, -0.05) is 0 Å². The first-order valence-electron chi connectivity index (χ1n) is 6.22. The van der Waals surface area contributed by atoms with Gasteiger partial charge >= 0.3 is 0 Å². The van der Waals surface area contributed by atoms with Crippen molar-refractivity contribution in [2.45, 2.75) is 45.3 Å². The van der Waals surface area contributed by atoms with Gasteiger partial charge in [-0.3, -0.25) is 0 Å². The molecule has 0 amide bonds. The van der Waals surface area contributed by atoms with Gasteiger partial charge in [0.2, 0.25) is 11.2 Å². The fraction of sp³-hybridized carbons (Fsp3) is 0.583. The normalized spacial score (nSPS) is 20.0. The molecule has 0 radical (unpaired) electrons. The topological polar surface area (TPSA) is 70.9 Å². The fourth-order valence-corrected chi connectivity index (χ4v) is 2.11. The van der Waals surface area contributed by atoms with Gasteiger partial charge in [-0.15, -0.1) is 0 Å². The summed E-state index contributed by atoms with van der Waals surface area (Å²) in [6.45, 7) is 3.86. The van der Waals surface area contributed by atoms with Crippen LogP contribution in [0.25, 0.3) is 5.57 Å². The summed E-state index contributed by atoms with van der Waals surface area (Å²) >= 11 is 5.83. The van der Waals surface area contributed by atoms with Crippen molar-refractivity contribution in [3.63, 3.8) is 0 Å². The van der Waals surface area contributed by atoms with Crippen LogP contribution < -0.4 is 5.32 Å². The van der Waals surface area contributed by atoms with Crippen molar-refractivity contribution >= 4 is 23.1 Å². The molecular formula is C12H16ClFN4O. The molecule has 1 heterocycles. The van der Waals surface area contributed by atoms with E-state index in [0.29, 0.717) is 30.8 Å². The fourth-order valence-electron chi connectivity index (χ4n) is 1.95. The van der Waals surface area contributed by atoms with Crippen LogP contribution in [0.2, 0.25) is 5.28 Å². The second-order valence-corrected chi connectivity index (χ2v) is 5.12. The van der Waals surface area contributed by atoms with Crippen LogP contribution >= 0.6 is 11.6 Å². The van der Waals surface area contributed by atoms with Gasteiger partial charge in [0, 0.05) is 11.6 Å². The van der Waals surface area contributed by atoms with Gasteiger partial charge in [-0.25, -0.2) is 4.39 Å². The van der Waals surface area contributed by atoms with Gasteiger partial charge in [0.25, 0.3) is 0 Å². The van der Waals surface area contributed by atoms with Crippen LogP contribution in [0.3, 0.4) is 0 Å². The number of aliphatic hydroxyl groups is 1. The number of aliphatic hydroxyl groups excluding tert-OH is 1. The zero-order chi connectivity index (χ0) is 14.0. The molecule has 1 atom stereocenters. The van der Waals surface area contributed by atoms with E-state index in [1.807, 2.05) is 13.8 Å². The van der Waals surface area contributed by atoms with Crippen molar-refractivity contribution < 1.29 is 9.50 Å². The van der Waals surface area contributed by atoms with Crippen LogP contribution in [-0.2, 0) is 0 Å². The number of hydrogen-bond acceptors (Lipinski definition) is 5. The van der Waals surface area contributed by atoms with Crippen molar-refractivity contribution in [1.29, 1.82) is 0 Å². The highest BCUT2D eigenvalue weighted by molar-refractivity contribution is 6.28. The first-order valence-corrected chi connectivity index (χ1v) is 6.60. The third kappa shape index (κ3) is 3.39. The van der Waals surface area contributed by atoms with E-state index >= 15 is 0 Å². The molecule has 1 aromatic rings. The molecule has 1 unspecified atom stereocenters. The first kappa shape index (κ1) is 14.1. The predicted molar refractivity (Wildman–Crippen MR) is 71.5 cm³/mol. The Labute approximate surface area is 115 Å². The van der Waals surface area contributed by atoms with E-state index in [2.05, 4.69) is 20.3 Å². The lowest BCUT2D eigenvalue weighted by atomic mass is 9.96. The summed E-state index contributed by atoms with van der Waals surface area (Å²) in [5, 5.41) is 12.5. The summed E-state index contributed by atoms with van der Waals surface area (Å²) < 4.78 is 13.9. The van der Waals surface area contributed by atoms with Gasteiger partial charge in [0.1, 0.15) is 11.9 Å². The number of nitrogens with zero attached hydrogens (tertiary/aromatic N) is 3. The van der Waals surface area contributed by atoms with Crippen molar-refractivity contribution in [3.05, 3.63) is 16.9 Å². The van der Waals surface area contributed by atoms with E-state index in [9.17, 15) is 9.50 Å². The third-order valence-corrected chi connectivity index (χ3v) is 2.95. The molecular weight excluding hydrogens is 271 g/mol. The Kier molecular flexibility index (Phi) is 4.31. The lowest BCUT2D eigenvalue weighted by molar-refractivity contribution is 0.165. The van der Waals surface area contributed by atoms with E-state index in [-0.39, 0.29) is 17.1 Å². The van der Waals surface area contributed by atoms with Crippen LogP contribution in [0.15, 0.2) is 5.83 Å². The molecule has 0 spiro atoms. The third-order valence-electron chi connectivity index (χ3n) is 2.78. The van der Waals surface area contributed by atoms with E-state index in [1.54, 1.807) is 0 Å². The molecule has 2 N–H and O–H groups in total. The Balaban J connectivity index is 2.39. The summed E-state index contributed by atoms with van der Waals surface area (Å²) in [5.41, 5.74) is 0.315. The van der Waals surface area contributed by atoms with Crippen LogP contribution in [-0.4, -0.2) is 32.2 Å². The average molecular weight is 287 g/mol. The summed E-state index contributed by atoms with van der Waals surface area (Å²) in [4.78, 5) is 12.0. The quantitative estimate of drug-likeness (QED) is 0.893. The Morgan fingerprint density at radius 2 is 2.11 bits per heavy atom. The highest BCUT2D eigenvalue weighted by atomic mass is 35.5. The molecule has 0 aromatic carbocycles. The molecule has 0 aliphatic heterocycles. The maximum atomic E-state index is 13.9. The standard InChI is InChI=1S/C12H16ClFN4O/c1-6(2)15-12-17-10(16-11(13)18-12)7-4-3-5-8(19)9(7)14/h6,8,19H,3-5H2,1-2H3,(H,15,16,17,18). The smallest absolute Gasteiger partial charge is 0.227 e. The van der Waals surface area contributed by atoms with Crippen LogP contribution in [0.5, 0.6) is 0 Å². The molecule has 0 saturated heterocycles. The number of nitrogens with one attached hydrogen (secondary N) is 1. The van der Waals surface area contributed by atoms with E-state index in [4.69, 9.17) is 11.6 Å². The molecule has 19 heavy (non-hydrogen) atoms. The molecule has 1 aromatic heterocycles. The molecule has 2 rings (SSSR count). The monoisotopic (exact) mass is 286 g/mol. The van der Waals surface area contributed by atoms with Gasteiger partial charge in [-0.05, 0) is 44.7 Å². The summed E-state index contributed by atoms with van der Waals surface area (Å²) in [6, 6.07) is 0.127. The van der Waals surface area contributed by atoms with E-state index in [0.717, 1.165) is 0 Å². The average Bonchev–Trinajstić information content (AvgIpc) is 2.31. The number of hydrogen-bond donors (Lipinski definition) is 2. The molecule has 104 valence electrons. The minimum atomic E-state index is -1.07. The van der Waals surface area contributed by atoms with Gasteiger partial charge in [0.05, 0.1) is 0 Å². The summed E-state index contributed by atoms with van der Waals surface area (Å²) in [6.07, 6.45) is 0.538. The highest BCUT2D eigenvalue weighted by Gasteiger charge is 2.24. The molecule has 7 heteroatoms. The predicted octanol–water partition coefficient (Wildman–Crippen LogP) is 2.57. The van der Waals surface area contributed by atoms with Crippen molar-refractivity contribution in [1.82, 2.24) is 15.0 Å². The number of halogens is 2. The Hall–Kier alpha value is -1.27. The largest absolute Gasteiger partial charge is 0.386 e. The molecule has 0 fully saturated rings. The molecule has 5 nitrogen and oxygen atoms in total. The molecule has 1 aliphatic rings. The van der Waals surface area contributed by atoms with Crippen LogP contribution in [0.1, 0.15) is 38.9 Å². The number of aromatic nitrogens is 3. The maximum Gasteiger partial charge on any atom is 0.227 e. The Morgan fingerprint density at radius 1 is 1.37 bits per heavy atom. The minimum Gasteiger partial charge on any atom is -0.386 e. The van der Waals surface area contributed by atoms with Crippen molar-refractivity contribution in [2.24, 2.45) is 0 Å². The zero-order valence-electron chi connectivity index (χ0n) is 10.8. The summed E-state index contributed by atoms with van der Waals surface area (Å²) in [5.74, 6) is -0.0613. The van der Waals surface area contributed by atoms with Crippen LogP contribution in [0, 0.1) is 0 Å². The first-order chi connectivity index (χ1) is 8.97. The number of rotatable bonds is 3. The Morgan fingerprint density at radius 3 is 2.79 bits per heavy atom. The van der Waals surface area contributed by atoms with Gasteiger partial charge in [0.15, 0.2) is 5.82 Å².